The Hall–Kier alpha value is -2.04. The van der Waals surface area contributed by atoms with Gasteiger partial charge in [-0.2, -0.15) is 0 Å². The number of carbonyl (C=O) groups excluding carboxylic acids is 2. The summed E-state index contributed by atoms with van der Waals surface area (Å²) >= 11 is 0. The van der Waals surface area contributed by atoms with Crippen LogP contribution in [0.1, 0.15) is 37.7 Å². The Balaban J connectivity index is 1.72. The number of carbonyl (C=O) groups is 2. The van der Waals surface area contributed by atoms with E-state index in [1.54, 1.807) is 4.90 Å². The molecule has 1 heterocycles. The van der Waals surface area contributed by atoms with Crippen LogP contribution < -0.4 is 16.0 Å². The van der Waals surface area contributed by atoms with E-state index in [9.17, 15) is 9.59 Å². The minimum Gasteiger partial charge on any atom is -0.399 e. The first-order valence-electron chi connectivity index (χ1n) is 7.61. The van der Waals surface area contributed by atoms with Gasteiger partial charge in [0.2, 0.25) is 11.8 Å². The molecule has 2 aliphatic rings. The summed E-state index contributed by atoms with van der Waals surface area (Å²) in [6, 6.07) is 6.01. The molecule has 0 spiro atoms. The Bertz CT molecular complexity index is 567. The fourth-order valence-electron chi connectivity index (χ4n) is 2.75. The maximum absolute atomic E-state index is 12.3. The number of nitrogens with two attached hydrogens (primary N) is 1. The van der Waals surface area contributed by atoms with Crippen LogP contribution in [0.15, 0.2) is 18.2 Å². The van der Waals surface area contributed by atoms with Crippen LogP contribution in [0.2, 0.25) is 0 Å². The van der Waals surface area contributed by atoms with Crippen molar-refractivity contribution < 1.29 is 9.59 Å². The summed E-state index contributed by atoms with van der Waals surface area (Å²) in [6.45, 7) is 0.439. The SMILES string of the molecule is Nc1ccc2c(c1)CCCC(=O)N2CCC(=O)NC1CC1. The van der Waals surface area contributed by atoms with E-state index in [2.05, 4.69) is 5.32 Å². The third kappa shape index (κ3) is 3.35. The van der Waals surface area contributed by atoms with Crippen LogP contribution in [0.5, 0.6) is 0 Å². The second kappa shape index (κ2) is 5.76. The molecule has 112 valence electrons. The standard InChI is InChI=1S/C16H21N3O2/c17-12-4-7-14-11(10-12)2-1-3-16(21)19(14)9-8-15(20)18-13-5-6-13/h4,7,10,13H,1-3,5-6,8-9,17H2,(H,18,20). The molecule has 0 atom stereocenters. The highest BCUT2D eigenvalue weighted by Gasteiger charge is 2.25. The van der Waals surface area contributed by atoms with Crippen LogP contribution in [-0.4, -0.2) is 24.4 Å². The van der Waals surface area contributed by atoms with Crippen molar-refractivity contribution in [3.8, 4) is 0 Å². The zero-order valence-corrected chi connectivity index (χ0v) is 12.1. The van der Waals surface area contributed by atoms with Crippen molar-refractivity contribution >= 4 is 23.2 Å². The van der Waals surface area contributed by atoms with Gasteiger partial charge in [-0.15, -0.1) is 0 Å². The number of benzene rings is 1. The Morgan fingerprint density at radius 1 is 1.33 bits per heavy atom. The van der Waals surface area contributed by atoms with Gasteiger partial charge < -0.3 is 16.0 Å². The molecule has 1 aliphatic heterocycles. The van der Waals surface area contributed by atoms with Gasteiger partial charge in [-0.05, 0) is 49.4 Å². The Kier molecular flexibility index (Phi) is 3.82. The number of rotatable bonds is 4. The van der Waals surface area contributed by atoms with Gasteiger partial charge in [0.15, 0.2) is 0 Å². The molecule has 5 heteroatoms. The van der Waals surface area contributed by atoms with Crippen LogP contribution in [0.4, 0.5) is 11.4 Å². The van der Waals surface area contributed by atoms with E-state index in [1.165, 1.54) is 0 Å². The second-order valence-corrected chi connectivity index (χ2v) is 5.88. The van der Waals surface area contributed by atoms with E-state index in [4.69, 9.17) is 5.73 Å². The number of amides is 2. The van der Waals surface area contributed by atoms with E-state index in [0.717, 1.165) is 42.6 Å². The van der Waals surface area contributed by atoms with Gasteiger partial charge in [-0.3, -0.25) is 9.59 Å². The van der Waals surface area contributed by atoms with Crippen molar-refractivity contribution in [1.82, 2.24) is 5.32 Å². The number of nitrogens with one attached hydrogen (secondary N) is 1. The highest BCUT2D eigenvalue weighted by atomic mass is 16.2. The minimum absolute atomic E-state index is 0.0338. The maximum Gasteiger partial charge on any atom is 0.227 e. The van der Waals surface area contributed by atoms with E-state index >= 15 is 0 Å². The van der Waals surface area contributed by atoms with E-state index < -0.39 is 0 Å². The average Bonchev–Trinajstić information content (AvgIpc) is 3.25. The highest BCUT2D eigenvalue weighted by Crippen LogP contribution is 2.29. The summed E-state index contributed by atoms with van der Waals surface area (Å²) in [5.74, 6) is 0.129. The molecule has 0 bridgehead atoms. The molecule has 3 rings (SSSR count). The molecule has 3 N–H and O–H groups in total. The number of hydrogen-bond donors (Lipinski definition) is 2. The molecule has 0 unspecified atom stereocenters. The maximum atomic E-state index is 12.3. The lowest BCUT2D eigenvalue weighted by Crippen LogP contribution is -2.35. The van der Waals surface area contributed by atoms with Gasteiger partial charge >= 0.3 is 0 Å². The molecular weight excluding hydrogens is 266 g/mol. The topological polar surface area (TPSA) is 75.4 Å². The molecular formula is C16H21N3O2. The molecule has 1 aromatic carbocycles. The molecule has 1 fully saturated rings. The fourth-order valence-corrected chi connectivity index (χ4v) is 2.75. The van der Waals surface area contributed by atoms with Gasteiger partial charge in [0.1, 0.15) is 0 Å². The van der Waals surface area contributed by atoms with Crippen molar-refractivity contribution in [3.05, 3.63) is 23.8 Å². The summed E-state index contributed by atoms with van der Waals surface area (Å²) in [5.41, 5.74) is 8.56. The normalized spacial score (nSPS) is 18.1. The van der Waals surface area contributed by atoms with Crippen molar-refractivity contribution in [2.24, 2.45) is 0 Å². The van der Waals surface area contributed by atoms with E-state index in [-0.39, 0.29) is 11.8 Å². The van der Waals surface area contributed by atoms with Gasteiger partial charge in [0.25, 0.3) is 0 Å². The van der Waals surface area contributed by atoms with Crippen LogP contribution in [-0.2, 0) is 16.0 Å². The summed E-state index contributed by atoms with van der Waals surface area (Å²) < 4.78 is 0. The first-order valence-corrected chi connectivity index (χ1v) is 7.61. The van der Waals surface area contributed by atoms with Crippen LogP contribution in [0, 0.1) is 0 Å². The van der Waals surface area contributed by atoms with Crippen molar-refractivity contribution in [1.29, 1.82) is 0 Å². The summed E-state index contributed by atoms with van der Waals surface area (Å²) in [6.07, 6.45) is 4.73. The number of nitrogen functional groups attached to an aromatic ring is 1. The largest absolute Gasteiger partial charge is 0.399 e. The molecule has 0 saturated heterocycles. The Morgan fingerprint density at radius 2 is 2.14 bits per heavy atom. The lowest BCUT2D eigenvalue weighted by Gasteiger charge is -2.23. The van der Waals surface area contributed by atoms with Crippen molar-refractivity contribution in [3.63, 3.8) is 0 Å². The second-order valence-electron chi connectivity index (χ2n) is 5.88. The molecule has 21 heavy (non-hydrogen) atoms. The van der Waals surface area contributed by atoms with Crippen LogP contribution in [0.25, 0.3) is 0 Å². The Labute approximate surface area is 124 Å². The quantitative estimate of drug-likeness (QED) is 0.826. The van der Waals surface area contributed by atoms with Crippen LogP contribution >= 0.6 is 0 Å². The summed E-state index contributed by atoms with van der Waals surface area (Å²) in [7, 11) is 0. The molecule has 2 amide bonds. The third-order valence-corrected chi connectivity index (χ3v) is 4.04. The molecule has 5 nitrogen and oxygen atoms in total. The lowest BCUT2D eigenvalue weighted by molar-refractivity contribution is -0.121. The van der Waals surface area contributed by atoms with E-state index in [1.807, 2.05) is 18.2 Å². The van der Waals surface area contributed by atoms with Crippen LogP contribution in [0.3, 0.4) is 0 Å². The third-order valence-electron chi connectivity index (χ3n) is 4.04. The zero-order valence-electron chi connectivity index (χ0n) is 12.1. The highest BCUT2D eigenvalue weighted by molar-refractivity contribution is 5.95. The lowest BCUT2D eigenvalue weighted by atomic mass is 10.1. The van der Waals surface area contributed by atoms with Crippen molar-refractivity contribution in [2.45, 2.75) is 44.6 Å². The number of nitrogens with zero attached hydrogens (tertiary/aromatic N) is 1. The van der Waals surface area contributed by atoms with Gasteiger partial charge in [-0.25, -0.2) is 0 Å². The van der Waals surface area contributed by atoms with Crippen molar-refractivity contribution in [2.75, 3.05) is 17.2 Å². The molecule has 0 aromatic heterocycles. The smallest absolute Gasteiger partial charge is 0.227 e. The number of fused-ring (bicyclic) bond motifs is 1. The number of hydrogen-bond acceptors (Lipinski definition) is 3. The molecule has 1 saturated carbocycles. The average molecular weight is 287 g/mol. The molecule has 0 radical (unpaired) electrons. The fraction of sp³-hybridized carbons (Fsp3) is 0.500. The minimum atomic E-state index is 0.0338. The monoisotopic (exact) mass is 287 g/mol. The summed E-state index contributed by atoms with van der Waals surface area (Å²) in [5, 5.41) is 2.96. The summed E-state index contributed by atoms with van der Waals surface area (Å²) in [4.78, 5) is 25.8. The predicted molar refractivity (Wildman–Crippen MR) is 81.9 cm³/mol. The predicted octanol–water partition coefficient (Wildman–Crippen LogP) is 1.61. The molecule has 1 aliphatic carbocycles. The number of aryl methyl sites for hydroxylation is 1. The van der Waals surface area contributed by atoms with Gasteiger partial charge in [0, 0.05) is 36.8 Å². The van der Waals surface area contributed by atoms with E-state index in [0.29, 0.717) is 25.4 Å². The Morgan fingerprint density at radius 3 is 2.90 bits per heavy atom. The number of anilines is 2. The van der Waals surface area contributed by atoms with Gasteiger partial charge in [0.05, 0.1) is 0 Å². The molecule has 1 aromatic rings. The van der Waals surface area contributed by atoms with Gasteiger partial charge in [-0.1, -0.05) is 0 Å². The first-order chi connectivity index (χ1) is 10.1. The first kappa shape index (κ1) is 13.9. The zero-order chi connectivity index (χ0) is 14.8.